The van der Waals surface area contributed by atoms with Crippen LogP contribution in [0.4, 0.5) is 11.5 Å². The Morgan fingerprint density at radius 1 is 1.26 bits per heavy atom. The molecule has 0 radical (unpaired) electrons. The Labute approximate surface area is 116 Å². The molecule has 0 saturated carbocycles. The van der Waals surface area contributed by atoms with Gasteiger partial charge in [0.25, 0.3) is 0 Å². The molecule has 0 spiro atoms. The van der Waals surface area contributed by atoms with E-state index in [0.29, 0.717) is 29.9 Å². The number of ether oxygens (including phenoxy) is 1. The van der Waals surface area contributed by atoms with Crippen molar-refractivity contribution in [2.45, 2.75) is 47.0 Å². The Kier molecular flexibility index (Phi) is 4.97. The summed E-state index contributed by atoms with van der Waals surface area (Å²) in [5, 5.41) is 3.16. The van der Waals surface area contributed by atoms with Crippen molar-refractivity contribution in [3.05, 3.63) is 5.82 Å². The highest BCUT2D eigenvalue weighted by Gasteiger charge is 2.22. The fourth-order valence-corrected chi connectivity index (χ4v) is 1.44. The molecule has 5 heteroatoms. The van der Waals surface area contributed by atoms with Crippen LogP contribution < -0.4 is 15.8 Å². The standard InChI is InChI=1S/C14H26N4O/c1-7-16-11-10(15)12(19-8-9(2)3)18-13(17-11)14(4,5)6/h9H,7-8,15H2,1-6H3,(H,16,17,18). The van der Waals surface area contributed by atoms with Gasteiger partial charge >= 0.3 is 0 Å². The quantitative estimate of drug-likeness (QED) is 0.857. The highest BCUT2D eigenvalue weighted by atomic mass is 16.5. The second-order valence-corrected chi connectivity index (χ2v) is 6.10. The van der Waals surface area contributed by atoms with Crippen LogP contribution in [0.2, 0.25) is 0 Å². The molecular weight excluding hydrogens is 240 g/mol. The summed E-state index contributed by atoms with van der Waals surface area (Å²) in [6, 6.07) is 0. The van der Waals surface area contributed by atoms with Gasteiger partial charge in [0.1, 0.15) is 11.5 Å². The van der Waals surface area contributed by atoms with Gasteiger partial charge in [-0.2, -0.15) is 4.98 Å². The molecule has 1 aromatic rings. The summed E-state index contributed by atoms with van der Waals surface area (Å²) < 4.78 is 5.70. The van der Waals surface area contributed by atoms with Crippen LogP contribution in [0.15, 0.2) is 0 Å². The molecule has 108 valence electrons. The van der Waals surface area contributed by atoms with Gasteiger partial charge in [0.2, 0.25) is 5.88 Å². The average molecular weight is 266 g/mol. The van der Waals surface area contributed by atoms with Gasteiger partial charge in [-0.1, -0.05) is 34.6 Å². The minimum Gasteiger partial charge on any atom is -0.476 e. The number of nitrogens with zero attached hydrogens (tertiary/aromatic N) is 2. The van der Waals surface area contributed by atoms with Gasteiger partial charge in [0.05, 0.1) is 6.61 Å². The van der Waals surface area contributed by atoms with Crippen LogP contribution in [0, 0.1) is 5.92 Å². The van der Waals surface area contributed by atoms with Gasteiger partial charge in [0.15, 0.2) is 5.82 Å². The number of hydrogen-bond donors (Lipinski definition) is 2. The molecule has 0 amide bonds. The molecule has 0 aromatic carbocycles. The Hall–Kier alpha value is -1.52. The van der Waals surface area contributed by atoms with Crippen molar-refractivity contribution in [3.63, 3.8) is 0 Å². The van der Waals surface area contributed by atoms with Crippen molar-refractivity contribution in [3.8, 4) is 5.88 Å². The Morgan fingerprint density at radius 2 is 1.89 bits per heavy atom. The molecule has 5 nitrogen and oxygen atoms in total. The number of rotatable bonds is 5. The van der Waals surface area contributed by atoms with Gasteiger partial charge in [-0.25, -0.2) is 4.98 Å². The Morgan fingerprint density at radius 3 is 2.37 bits per heavy atom. The van der Waals surface area contributed by atoms with Crippen LogP contribution >= 0.6 is 0 Å². The monoisotopic (exact) mass is 266 g/mol. The summed E-state index contributed by atoms with van der Waals surface area (Å²) in [6.07, 6.45) is 0. The van der Waals surface area contributed by atoms with Crippen molar-refractivity contribution >= 4 is 11.5 Å². The second kappa shape index (κ2) is 6.08. The molecule has 1 aromatic heterocycles. The van der Waals surface area contributed by atoms with Gasteiger partial charge in [0, 0.05) is 12.0 Å². The first-order chi connectivity index (χ1) is 8.75. The molecule has 0 saturated heterocycles. The van der Waals surface area contributed by atoms with Crippen LogP contribution in [0.25, 0.3) is 0 Å². The third-order valence-corrected chi connectivity index (χ3v) is 2.48. The summed E-state index contributed by atoms with van der Waals surface area (Å²) in [7, 11) is 0. The molecule has 0 aliphatic heterocycles. The van der Waals surface area contributed by atoms with E-state index in [0.717, 1.165) is 12.4 Å². The summed E-state index contributed by atoms with van der Waals surface area (Å²) in [5.74, 6) is 2.29. The summed E-state index contributed by atoms with van der Waals surface area (Å²) in [4.78, 5) is 8.95. The van der Waals surface area contributed by atoms with Crippen molar-refractivity contribution in [2.75, 3.05) is 24.2 Å². The zero-order valence-corrected chi connectivity index (χ0v) is 12.9. The molecule has 0 bridgehead atoms. The van der Waals surface area contributed by atoms with E-state index in [1.54, 1.807) is 0 Å². The highest BCUT2D eigenvalue weighted by molar-refractivity contribution is 5.67. The van der Waals surface area contributed by atoms with E-state index in [9.17, 15) is 0 Å². The second-order valence-electron chi connectivity index (χ2n) is 6.10. The maximum absolute atomic E-state index is 6.06. The van der Waals surface area contributed by atoms with Crippen LogP contribution in [-0.2, 0) is 5.41 Å². The van der Waals surface area contributed by atoms with E-state index >= 15 is 0 Å². The lowest BCUT2D eigenvalue weighted by molar-refractivity contribution is 0.260. The number of aromatic nitrogens is 2. The van der Waals surface area contributed by atoms with Crippen molar-refractivity contribution < 1.29 is 4.74 Å². The van der Waals surface area contributed by atoms with Crippen LogP contribution in [0.1, 0.15) is 47.4 Å². The lowest BCUT2D eigenvalue weighted by atomic mass is 9.96. The third-order valence-electron chi connectivity index (χ3n) is 2.48. The zero-order chi connectivity index (χ0) is 14.6. The first-order valence-corrected chi connectivity index (χ1v) is 6.80. The first-order valence-electron chi connectivity index (χ1n) is 6.80. The Bertz CT molecular complexity index is 424. The fraction of sp³-hybridized carbons (Fsp3) is 0.714. The van der Waals surface area contributed by atoms with Gasteiger partial charge in [-0.05, 0) is 12.8 Å². The molecule has 3 N–H and O–H groups in total. The summed E-state index contributed by atoms with van der Waals surface area (Å²) >= 11 is 0. The summed E-state index contributed by atoms with van der Waals surface area (Å²) in [5.41, 5.74) is 6.39. The predicted octanol–water partition coefficient (Wildman–Crippen LogP) is 2.82. The molecule has 0 aliphatic rings. The van der Waals surface area contributed by atoms with E-state index in [-0.39, 0.29) is 5.41 Å². The minimum atomic E-state index is -0.145. The average Bonchev–Trinajstić information content (AvgIpc) is 2.28. The van der Waals surface area contributed by atoms with E-state index in [2.05, 4.69) is 49.9 Å². The van der Waals surface area contributed by atoms with Gasteiger partial charge < -0.3 is 15.8 Å². The van der Waals surface area contributed by atoms with Gasteiger partial charge in [-0.15, -0.1) is 0 Å². The normalized spacial score (nSPS) is 11.7. The van der Waals surface area contributed by atoms with E-state index < -0.39 is 0 Å². The number of anilines is 2. The number of hydrogen-bond acceptors (Lipinski definition) is 5. The largest absolute Gasteiger partial charge is 0.476 e. The number of nitrogen functional groups attached to an aromatic ring is 1. The molecule has 0 aliphatic carbocycles. The van der Waals surface area contributed by atoms with Crippen LogP contribution in [-0.4, -0.2) is 23.1 Å². The minimum absolute atomic E-state index is 0.145. The van der Waals surface area contributed by atoms with E-state index in [1.165, 1.54) is 0 Å². The lowest BCUT2D eigenvalue weighted by Crippen LogP contribution is -2.20. The molecule has 1 heterocycles. The SMILES string of the molecule is CCNc1nc(C(C)(C)C)nc(OCC(C)C)c1N. The van der Waals surface area contributed by atoms with Crippen LogP contribution in [0.5, 0.6) is 5.88 Å². The summed E-state index contributed by atoms with van der Waals surface area (Å²) in [6.45, 7) is 13.7. The lowest BCUT2D eigenvalue weighted by Gasteiger charge is -2.20. The zero-order valence-electron chi connectivity index (χ0n) is 12.9. The maximum atomic E-state index is 6.06. The molecule has 0 atom stereocenters. The Balaban J connectivity index is 3.16. The number of nitrogens with one attached hydrogen (secondary N) is 1. The van der Waals surface area contributed by atoms with E-state index in [1.807, 2.05) is 6.92 Å². The molecule has 0 fully saturated rings. The number of nitrogens with two attached hydrogens (primary N) is 1. The third kappa shape index (κ3) is 4.26. The molecule has 19 heavy (non-hydrogen) atoms. The fourth-order valence-electron chi connectivity index (χ4n) is 1.44. The maximum Gasteiger partial charge on any atom is 0.242 e. The molecule has 1 rings (SSSR count). The predicted molar refractivity (Wildman–Crippen MR) is 79.6 cm³/mol. The van der Waals surface area contributed by atoms with Crippen molar-refractivity contribution in [1.29, 1.82) is 0 Å². The first kappa shape index (κ1) is 15.5. The topological polar surface area (TPSA) is 73.1 Å². The van der Waals surface area contributed by atoms with Crippen molar-refractivity contribution in [2.24, 2.45) is 5.92 Å². The van der Waals surface area contributed by atoms with E-state index in [4.69, 9.17) is 10.5 Å². The smallest absolute Gasteiger partial charge is 0.242 e. The van der Waals surface area contributed by atoms with Gasteiger partial charge in [-0.3, -0.25) is 0 Å². The molecular formula is C14H26N4O. The highest BCUT2D eigenvalue weighted by Crippen LogP contribution is 2.30. The van der Waals surface area contributed by atoms with Crippen molar-refractivity contribution in [1.82, 2.24) is 9.97 Å². The molecule has 0 unspecified atom stereocenters. The van der Waals surface area contributed by atoms with Crippen LogP contribution in [0.3, 0.4) is 0 Å².